The highest BCUT2D eigenvalue weighted by Gasteiger charge is 2.02. The van der Waals surface area contributed by atoms with Crippen molar-refractivity contribution in [2.75, 3.05) is 20.7 Å². The third-order valence-corrected chi connectivity index (χ3v) is 2.97. The number of rotatable bonds is 7. The van der Waals surface area contributed by atoms with Crippen molar-refractivity contribution >= 4 is 0 Å². The lowest BCUT2D eigenvalue weighted by atomic mass is 9.98. The van der Waals surface area contributed by atoms with E-state index >= 15 is 0 Å². The second kappa shape index (κ2) is 7.29. The van der Waals surface area contributed by atoms with Gasteiger partial charge in [-0.1, -0.05) is 19.1 Å². The molecule has 1 N–H and O–H groups in total. The molecule has 2 nitrogen and oxygen atoms in total. The number of ether oxygens (including phenoxy) is 1. The van der Waals surface area contributed by atoms with Gasteiger partial charge in [0.25, 0.3) is 0 Å². The van der Waals surface area contributed by atoms with E-state index in [2.05, 4.69) is 24.4 Å². The summed E-state index contributed by atoms with van der Waals surface area (Å²) in [6.45, 7) is 3.44. The van der Waals surface area contributed by atoms with Crippen molar-refractivity contribution in [2.24, 2.45) is 5.92 Å². The van der Waals surface area contributed by atoms with E-state index in [0.29, 0.717) is 0 Å². The van der Waals surface area contributed by atoms with Crippen LogP contribution in [0.25, 0.3) is 0 Å². The number of nitrogens with one attached hydrogen (secondary N) is 1. The molecule has 1 atom stereocenters. The Labute approximate surface area is 99.0 Å². The first-order chi connectivity index (χ1) is 7.76. The minimum atomic E-state index is 0.787. The Morgan fingerprint density at radius 1 is 1.19 bits per heavy atom. The Bertz CT molecular complexity index is 281. The molecule has 0 radical (unpaired) electrons. The highest BCUT2D eigenvalue weighted by atomic mass is 16.5. The van der Waals surface area contributed by atoms with Gasteiger partial charge in [-0.3, -0.25) is 0 Å². The first kappa shape index (κ1) is 13.0. The van der Waals surface area contributed by atoms with Gasteiger partial charge in [-0.2, -0.15) is 0 Å². The van der Waals surface area contributed by atoms with Crippen LogP contribution >= 0.6 is 0 Å². The van der Waals surface area contributed by atoms with E-state index in [0.717, 1.165) is 24.6 Å². The molecule has 0 spiro atoms. The van der Waals surface area contributed by atoms with Crippen LogP contribution in [0.15, 0.2) is 24.3 Å². The molecule has 0 bridgehead atoms. The first-order valence-corrected chi connectivity index (χ1v) is 6.03. The molecular weight excluding hydrogens is 198 g/mol. The van der Waals surface area contributed by atoms with Gasteiger partial charge in [0.2, 0.25) is 0 Å². The summed E-state index contributed by atoms with van der Waals surface area (Å²) in [6.07, 6.45) is 3.68. The van der Waals surface area contributed by atoms with E-state index in [-0.39, 0.29) is 0 Å². The van der Waals surface area contributed by atoms with E-state index in [1.54, 1.807) is 7.11 Å². The summed E-state index contributed by atoms with van der Waals surface area (Å²) in [5, 5.41) is 3.20. The largest absolute Gasteiger partial charge is 0.497 e. The molecule has 0 fully saturated rings. The molecule has 90 valence electrons. The molecule has 0 aliphatic heterocycles. The first-order valence-electron chi connectivity index (χ1n) is 6.03. The zero-order valence-corrected chi connectivity index (χ0v) is 10.6. The van der Waals surface area contributed by atoms with Crippen LogP contribution in [-0.4, -0.2) is 20.7 Å². The van der Waals surface area contributed by atoms with E-state index in [1.165, 1.54) is 18.4 Å². The SMILES string of the molecule is CNCCC(C)CCc1ccc(OC)cc1. The van der Waals surface area contributed by atoms with Gasteiger partial charge in [0.1, 0.15) is 5.75 Å². The molecule has 1 unspecified atom stereocenters. The monoisotopic (exact) mass is 221 g/mol. The second-order valence-corrected chi connectivity index (χ2v) is 4.38. The molecular formula is C14H23NO. The van der Waals surface area contributed by atoms with Crippen molar-refractivity contribution in [1.82, 2.24) is 5.32 Å². The quantitative estimate of drug-likeness (QED) is 0.764. The maximum absolute atomic E-state index is 5.14. The van der Waals surface area contributed by atoms with E-state index in [9.17, 15) is 0 Å². The Hall–Kier alpha value is -1.02. The molecule has 0 saturated heterocycles. The van der Waals surface area contributed by atoms with E-state index in [4.69, 9.17) is 4.74 Å². The van der Waals surface area contributed by atoms with Crippen LogP contribution in [-0.2, 0) is 6.42 Å². The molecule has 1 aromatic rings. The summed E-state index contributed by atoms with van der Waals surface area (Å²) in [4.78, 5) is 0. The Balaban J connectivity index is 2.30. The van der Waals surface area contributed by atoms with Crippen LogP contribution in [0.5, 0.6) is 5.75 Å². The van der Waals surface area contributed by atoms with Crippen LogP contribution in [0.3, 0.4) is 0 Å². The normalized spacial score (nSPS) is 12.4. The Kier molecular flexibility index (Phi) is 5.94. The van der Waals surface area contributed by atoms with Crippen LogP contribution < -0.4 is 10.1 Å². The van der Waals surface area contributed by atoms with Gasteiger partial charge in [0, 0.05) is 0 Å². The van der Waals surface area contributed by atoms with Gasteiger partial charge in [-0.25, -0.2) is 0 Å². The Morgan fingerprint density at radius 2 is 1.88 bits per heavy atom. The maximum Gasteiger partial charge on any atom is 0.118 e. The average Bonchev–Trinajstić information content (AvgIpc) is 2.34. The molecule has 1 rings (SSSR count). The van der Waals surface area contributed by atoms with Gasteiger partial charge in [-0.15, -0.1) is 0 Å². The van der Waals surface area contributed by atoms with Crippen molar-refractivity contribution in [3.8, 4) is 5.75 Å². The third kappa shape index (κ3) is 4.67. The summed E-state index contributed by atoms with van der Waals surface area (Å²) in [6, 6.07) is 8.38. The van der Waals surface area contributed by atoms with Crippen molar-refractivity contribution in [2.45, 2.75) is 26.2 Å². The molecule has 16 heavy (non-hydrogen) atoms. The van der Waals surface area contributed by atoms with Crippen LogP contribution in [0.2, 0.25) is 0 Å². The van der Waals surface area contributed by atoms with Crippen molar-refractivity contribution < 1.29 is 4.74 Å². The molecule has 0 aliphatic carbocycles. The third-order valence-electron chi connectivity index (χ3n) is 2.97. The maximum atomic E-state index is 5.14. The lowest BCUT2D eigenvalue weighted by molar-refractivity contribution is 0.414. The van der Waals surface area contributed by atoms with Crippen LogP contribution in [0, 0.1) is 5.92 Å². The fourth-order valence-electron chi connectivity index (χ4n) is 1.74. The molecule has 2 heteroatoms. The summed E-state index contributed by atoms with van der Waals surface area (Å²) in [5.41, 5.74) is 1.40. The summed E-state index contributed by atoms with van der Waals surface area (Å²) in [7, 11) is 3.71. The van der Waals surface area contributed by atoms with Crippen LogP contribution in [0.1, 0.15) is 25.3 Å². The van der Waals surface area contributed by atoms with Gasteiger partial charge in [0.15, 0.2) is 0 Å². The zero-order chi connectivity index (χ0) is 11.8. The zero-order valence-electron chi connectivity index (χ0n) is 10.6. The average molecular weight is 221 g/mol. The summed E-state index contributed by atoms with van der Waals surface area (Å²) < 4.78 is 5.14. The van der Waals surface area contributed by atoms with Gasteiger partial charge in [-0.05, 0) is 56.5 Å². The molecule has 0 amide bonds. The van der Waals surface area contributed by atoms with Crippen molar-refractivity contribution in [3.63, 3.8) is 0 Å². The predicted molar refractivity (Wildman–Crippen MR) is 69.0 cm³/mol. The highest BCUT2D eigenvalue weighted by molar-refractivity contribution is 5.27. The smallest absolute Gasteiger partial charge is 0.118 e. The van der Waals surface area contributed by atoms with Gasteiger partial charge >= 0.3 is 0 Å². The number of aryl methyl sites for hydroxylation is 1. The number of hydrogen-bond donors (Lipinski definition) is 1. The van der Waals surface area contributed by atoms with Gasteiger partial charge < -0.3 is 10.1 Å². The van der Waals surface area contributed by atoms with Gasteiger partial charge in [0.05, 0.1) is 7.11 Å². The van der Waals surface area contributed by atoms with Crippen LogP contribution in [0.4, 0.5) is 0 Å². The second-order valence-electron chi connectivity index (χ2n) is 4.38. The number of methoxy groups -OCH3 is 1. The lowest BCUT2D eigenvalue weighted by Gasteiger charge is -2.10. The summed E-state index contributed by atoms with van der Waals surface area (Å²) in [5.74, 6) is 1.72. The van der Waals surface area contributed by atoms with Crippen molar-refractivity contribution in [3.05, 3.63) is 29.8 Å². The predicted octanol–water partition coefficient (Wildman–Crippen LogP) is 2.87. The lowest BCUT2D eigenvalue weighted by Crippen LogP contribution is -2.11. The summed E-state index contributed by atoms with van der Waals surface area (Å²) >= 11 is 0. The molecule has 0 aromatic heterocycles. The molecule has 0 saturated carbocycles. The fourth-order valence-corrected chi connectivity index (χ4v) is 1.74. The van der Waals surface area contributed by atoms with Crippen molar-refractivity contribution in [1.29, 1.82) is 0 Å². The van der Waals surface area contributed by atoms with E-state index < -0.39 is 0 Å². The highest BCUT2D eigenvalue weighted by Crippen LogP contribution is 2.15. The number of hydrogen-bond acceptors (Lipinski definition) is 2. The molecule has 1 aromatic carbocycles. The minimum Gasteiger partial charge on any atom is -0.497 e. The minimum absolute atomic E-state index is 0.787. The molecule has 0 heterocycles. The standard InChI is InChI=1S/C14H23NO/c1-12(10-11-15-2)4-5-13-6-8-14(16-3)9-7-13/h6-9,12,15H,4-5,10-11H2,1-3H3. The van der Waals surface area contributed by atoms with E-state index in [1.807, 2.05) is 19.2 Å². The topological polar surface area (TPSA) is 21.3 Å². The molecule has 0 aliphatic rings. The Morgan fingerprint density at radius 3 is 2.44 bits per heavy atom. The fraction of sp³-hybridized carbons (Fsp3) is 0.571. The number of benzene rings is 1.